The van der Waals surface area contributed by atoms with Crippen molar-refractivity contribution in [3.63, 3.8) is 0 Å². The maximum atomic E-state index is 12.8. The Balaban J connectivity index is 1.57. The zero-order chi connectivity index (χ0) is 18.6. The van der Waals surface area contributed by atoms with Gasteiger partial charge in [0.15, 0.2) is 0 Å². The van der Waals surface area contributed by atoms with Crippen LogP contribution >= 0.6 is 11.3 Å². The SMILES string of the molecule is N#CCCn1cc(/C=C/C(=O)N2CCCC2c2cccs2)c2ccccc21. The van der Waals surface area contributed by atoms with Crippen molar-refractivity contribution in [1.29, 1.82) is 5.26 Å². The average Bonchev–Trinajstić information content (AvgIpc) is 3.44. The third kappa shape index (κ3) is 3.54. The van der Waals surface area contributed by atoms with Gasteiger partial charge in [0.25, 0.3) is 0 Å². The second-order valence-corrected chi connectivity index (χ2v) is 7.72. The van der Waals surface area contributed by atoms with E-state index in [1.807, 2.05) is 35.4 Å². The van der Waals surface area contributed by atoms with Crippen LogP contribution in [0.2, 0.25) is 0 Å². The van der Waals surface area contributed by atoms with E-state index in [1.165, 1.54) is 4.88 Å². The van der Waals surface area contributed by atoms with Crippen molar-refractivity contribution >= 4 is 34.2 Å². The van der Waals surface area contributed by atoms with Crippen molar-refractivity contribution in [3.05, 3.63) is 64.5 Å². The number of likely N-dealkylation sites (tertiary alicyclic amines) is 1. The predicted octanol–water partition coefficient (Wildman–Crippen LogP) is 4.99. The van der Waals surface area contributed by atoms with Crippen molar-refractivity contribution in [2.24, 2.45) is 0 Å². The van der Waals surface area contributed by atoms with Crippen LogP contribution < -0.4 is 0 Å². The van der Waals surface area contributed by atoms with Crippen LogP contribution in [-0.2, 0) is 11.3 Å². The van der Waals surface area contributed by atoms with Crippen LogP contribution in [0.5, 0.6) is 0 Å². The van der Waals surface area contributed by atoms with Gasteiger partial charge in [-0.3, -0.25) is 4.79 Å². The van der Waals surface area contributed by atoms with Gasteiger partial charge in [-0.1, -0.05) is 24.3 Å². The number of carbonyl (C=O) groups excluding carboxylic acids is 1. The fraction of sp³-hybridized carbons (Fsp3) is 0.273. The van der Waals surface area contributed by atoms with Crippen molar-refractivity contribution in [3.8, 4) is 6.07 Å². The molecule has 1 fully saturated rings. The second kappa shape index (κ2) is 7.81. The number of hydrogen-bond acceptors (Lipinski definition) is 3. The average molecular weight is 375 g/mol. The number of aryl methyl sites for hydroxylation is 1. The summed E-state index contributed by atoms with van der Waals surface area (Å²) in [4.78, 5) is 16.1. The number of fused-ring (bicyclic) bond motifs is 1. The Morgan fingerprint density at radius 1 is 1.30 bits per heavy atom. The highest BCUT2D eigenvalue weighted by molar-refractivity contribution is 7.10. The maximum absolute atomic E-state index is 12.8. The number of nitriles is 1. The molecule has 1 amide bonds. The lowest BCUT2D eigenvalue weighted by molar-refractivity contribution is -0.126. The fourth-order valence-electron chi connectivity index (χ4n) is 3.83. The smallest absolute Gasteiger partial charge is 0.247 e. The number of hydrogen-bond donors (Lipinski definition) is 0. The van der Waals surface area contributed by atoms with Gasteiger partial charge < -0.3 is 9.47 Å². The van der Waals surface area contributed by atoms with Crippen LogP contribution in [0.3, 0.4) is 0 Å². The van der Waals surface area contributed by atoms with Gasteiger partial charge in [-0.2, -0.15) is 5.26 Å². The number of thiophene rings is 1. The van der Waals surface area contributed by atoms with Crippen molar-refractivity contribution in [2.75, 3.05) is 6.54 Å². The number of nitrogens with zero attached hydrogens (tertiary/aromatic N) is 3. The predicted molar refractivity (Wildman–Crippen MR) is 109 cm³/mol. The molecule has 3 aromatic rings. The second-order valence-electron chi connectivity index (χ2n) is 6.74. The van der Waals surface area contributed by atoms with Crippen LogP contribution in [-0.4, -0.2) is 21.9 Å². The van der Waals surface area contributed by atoms with E-state index < -0.39 is 0 Å². The monoisotopic (exact) mass is 375 g/mol. The number of benzene rings is 1. The molecule has 1 unspecified atom stereocenters. The Kier molecular flexibility index (Phi) is 5.08. The van der Waals surface area contributed by atoms with Crippen molar-refractivity contribution in [2.45, 2.75) is 31.8 Å². The summed E-state index contributed by atoms with van der Waals surface area (Å²) >= 11 is 1.72. The molecule has 1 aliphatic heterocycles. The van der Waals surface area contributed by atoms with E-state index in [-0.39, 0.29) is 11.9 Å². The molecular weight excluding hydrogens is 354 g/mol. The highest BCUT2D eigenvalue weighted by atomic mass is 32.1. The molecule has 0 saturated carbocycles. The summed E-state index contributed by atoms with van der Waals surface area (Å²) < 4.78 is 2.09. The van der Waals surface area contributed by atoms with E-state index >= 15 is 0 Å². The first-order chi connectivity index (χ1) is 13.3. The molecule has 0 bridgehead atoms. The lowest BCUT2D eigenvalue weighted by atomic mass is 10.1. The lowest BCUT2D eigenvalue weighted by Gasteiger charge is -2.22. The minimum absolute atomic E-state index is 0.0692. The molecule has 0 radical (unpaired) electrons. The Hall–Kier alpha value is -2.84. The largest absolute Gasteiger partial charge is 0.346 e. The Morgan fingerprint density at radius 3 is 3.00 bits per heavy atom. The molecular formula is C22H21N3OS. The molecule has 1 saturated heterocycles. The summed E-state index contributed by atoms with van der Waals surface area (Å²) in [6.07, 6.45) is 8.20. The highest BCUT2D eigenvalue weighted by Crippen LogP contribution is 2.34. The summed E-state index contributed by atoms with van der Waals surface area (Å²) in [6.45, 7) is 1.47. The van der Waals surface area contributed by atoms with Gasteiger partial charge in [0.1, 0.15) is 0 Å². The minimum Gasteiger partial charge on any atom is -0.346 e. The van der Waals surface area contributed by atoms with Gasteiger partial charge in [-0.15, -0.1) is 11.3 Å². The summed E-state index contributed by atoms with van der Waals surface area (Å²) in [7, 11) is 0. The zero-order valence-corrected chi connectivity index (χ0v) is 15.9. The van der Waals surface area contributed by atoms with Crippen LogP contribution in [0, 0.1) is 11.3 Å². The van der Waals surface area contributed by atoms with Gasteiger partial charge in [0.2, 0.25) is 5.91 Å². The summed E-state index contributed by atoms with van der Waals surface area (Å²) in [5, 5.41) is 12.1. The van der Waals surface area contributed by atoms with E-state index in [4.69, 9.17) is 5.26 Å². The molecule has 0 spiro atoms. The number of aromatic nitrogens is 1. The minimum atomic E-state index is 0.0692. The van der Waals surface area contributed by atoms with E-state index in [2.05, 4.69) is 34.2 Å². The van der Waals surface area contributed by atoms with E-state index in [0.717, 1.165) is 35.9 Å². The standard InChI is InChI=1S/C22H21N3OS/c23-12-5-13-24-16-17(18-6-1-2-7-19(18)24)10-11-22(26)25-14-3-8-20(25)21-9-4-15-27-21/h1-2,4,6-7,9-11,15-16,20H,3,5,8,13-14H2/b11-10+. The molecule has 4 rings (SSSR count). The lowest BCUT2D eigenvalue weighted by Crippen LogP contribution is -2.28. The molecule has 1 atom stereocenters. The van der Waals surface area contributed by atoms with Gasteiger partial charge in [0.05, 0.1) is 18.5 Å². The van der Waals surface area contributed by atoms with Gasteiger partial charge in [0, 0.05) is 46.7 Å². The molecule has 4 nitrogen and oxygen atoms in total. The molecule has 1 aliphatic rings. The molecule has 136 valence electrons. The van der Waals surface area contributed by atoms with E-state index in [1.54, 1.807) is 17.4 Å². The molecule has 5 heteroatoms. The van der Waals surface area contributed by atoms with Gasteiger partial charge in [-0.25, -0.2) is 0 Å². The summed E-state index contributed by atoms with van der Waals surface area (Å²) in [6, 6.07) is 14.7. The summed E-state index contributed by atoms with van der Waals surface area (Å²) in [5.74, 6) is 0.0692. The number of rotatable bonds is 5. The highest BCUT2D eigenvalue weighted by Gasteiger charge is 2.29. The third-order valence-corrected chi connectivity index (χ3v) is 6.07. The quantitative estimate of drug-likeness (QED) is 0.590. The van der Waals surface area contributed by atoms with Crippen molar-refractivity contribution in [1.82, 2.24) is 9.47 Å². The van der Waals surface area contributed by atoms with E-state index in [0.29, 0.717) is 13.0 Å². The molecule has 2 aromatic heterocycles. The van der Waals surface area contributed by atoms with Crippen LogP contribution in [0.25, 0.3) is 17.0 Å². The van der Waals surface area contributed by atoms with Gasteiger partial charge in [-0.05, 0) is 36.4 Å². The van der Waals surface area contributed by atoms with E-state index in [9.17, 15) is 4.79 Å². The van der Waals surface area contributed by atoms with Crippen LogP contribution in [0.4, 0.5) is 0 Å². The van der Waals surface area contributed by atoms with Crippen LogP contribution in [0.15, 0.2) is 54.1 Å². The first-order valence-electron chi connectivity index (χ1n) is 9.25. The topological polar surface area (TPSA) is 49.0 Å². The molecule has 3 heterocycles. The number of carbonyl (C=O) groups is 1. The third-order valence-electron chi connectivity index (χ3n) is 5.10. The number of para-hydroxylation sites is 1. The number of amides is 1. The maximum Gasteiger partial charge on any atom is 0.247 e. The first-order valence-corrected chi connectivity index (χ1v) is 10.1. The molecule has 0 N–H and O–H groups in total. The molecule has 1 aromatic carbocycles. The molecule has 0 aliphatic carbocycles. The molecule has 27 heavy (non-hydrogen) atoms. The Bertz CT molecular complexity index is 1010. The first kappa shape index (κ1) is 17.6. The van der Waals surface area contributed by atoms with Crippen LogP contribution in [0.1, 0.15) is 35.7 Å². The Morgan fingerprint density at radius 2 is 2.19 bits per heavy atom. The normalized spacial score (nSPS) is 17.0. The Labute approximate surface area is 162 Å². The zero-order valence-electron chi connectivity index (χ0n) is 15.0. The van der Waals surface area contributed by atoms with Gasteiger partial charge >= 0.3 is 0 Å². The fourth-order valence-corrected chi connectivity index (χ4v) is 4.70. The van der Waals surface area contributed by atoms with Crippen molar-refractivity contribution < 1.29 is 4.79 Å². The summed E-state index contributed by atoms with van der Waals surface area (Å²) in [5.41, 5.74) is 2.11.